The average molecular weight is 394 g/mol. The lowest BCUT2D eigenvalue weighted by atomic mass is 10.1. The van der Waals surface area contributed by atoms with Gasteiger partial charge in [0.15, 0.2) is 0 Å². The van der Waals surface area contributed by atoms with Crippen molar-refractivity contribution < 1.29 is 27.5 Å². The van der Waals surface area contributed by atoms with Crippen LogP contribution in [0, 0.1) is 6.92 Å². The monoisotopic (exact) mass is 394 g/mol. The van der Waals surface area contributed by atoms with Crippen LogP contribution in [0.2, 0.25) is 0 Å². The van der Waals surface area contributed by atoms with Gasteiger partial charge in [-0.3, -0.25) is 9.59 Å². The van der Waals surface area contributed by atoms with Crippen LogP contribution in [0.25, 0.3) is 0 Å². The lowest BCUT2D eigenvalue weighted by molar-refractivity contribution is -0.274. The molecule has 150 valence electrons. The highest BCUT2D eigenvalue weighted by Gasteiger charge is 2.31. The highest BCUT2D eigenvalue weighted by Crippen LogP contribution is 2.23. The van der Waals surface area contributed by atoms with Gasteiger partial charge in [0, 0.05) is 19.2 Å². The van der Waals surface area contributed by atoms with Gasteiger partial charge in [-0.2, -0.15) is 0 Å². The third-order valence-corrected chi connectivity index (χ3v) is 3.95. The first-order chi connectivity index (χ1) is 13.0. The number of rotatable bonds is 6. The minimum atomic E-state index is -4.75. The van der Waals surface area contributed by atoms with Gasteiger partial charge in [-0.1, -0.05) is 29.8 Å². The van der Waals surface area contributed by atoms with Crippen LogP contribution >= 0.6 is 0 Å². The number of alkyl halides is 3. The molecule has 0 saturated carbocycles. The number of hydrogen-bond acceptors (Lipinski definition) is 3. The lowest BCUT2D eigenvalue weighted by Crippen LogP contribution is -2.45. The summed E-state index contributed by atoms with van der Waals surface area (Å²) in [6.45, 7) is 3.62. The van der Waals surface area contributed by atoms with E-state index in [1.165, 1.54) is 29.2 Å². The summed E-state index contributed by atoms with van der Waals surface area (Å²) in [7, 11) is 1.55. The highest BCUT2D eigenvalue weighted by atomic mass is 19.4. The summed E-state index contributed by atoms with van der Waals surface area (Å²) in [6.07, 6.45) is -4.75. The molecule has 5 nitrogen and oxygen atoms in total. The molecule has 0 heterocycles. The Kier molecular flexibility index (Phi) is 6.66. The van der Waals surface area contributed by atoms with Crippen molar-refractivity contribution in [2.24, 2.45) is 0 Å². The SMILES string of the molecule is Cc1cccc(C(=O)NC(C)C(=O)N(C)Cc2ccc(OC(F)(F)F)cc2)c1. The second-order valence-corrected chi connectivity index (χ2v) is 6.45. The van der Waals surface area contributed by atoms with Gasteiger partial charge in [0.1, 0.15) is 11.8 Å². The van der Waals surface area contributed by atoms with Crippen LogP contribution in [0.3, 0.4) is 0 Å². The number of amides is 2. The largest absolute Gasteiger partial charge is 0.573 e. The van der Waals surface area contributed by atoms with E-state index < -0.39 is 12.4 Å². The number of carbonyl (C=O) groups is 2. The summed E-state index contributed by atoms with van der Waals surface area (Å²) < 4.78 is 40.4. The minimum Gasteiger partial charge on any atom is -0.406 e. The van der Waals surface area contributed by atoms with E-state index in [4.69, 9.17) is 0 Å². The molecule has 0 aliphatic rings. The Bertz CT molecular complexity index is 835. The molecule has 0 bridgehead atoms. The number of ether oxygens (including phenoxy) is 1. The fourth-order valence-corrected chi connectivity index (χ4v) is 2.61. The summed E-state index contributed by atoms with van der Waals surface area (Å²) in [4.78, 5) is 26.1. The molecule has 0 saturated heterocycles. The molecule has 2 aromatic carbocycles. The van der Waals surface area contributed by atoms with Crippen LogP contribution in [0.15, 0.2) is 48.5 Å². The standard InChI is InChI=1S/C20H21F3N2O3/c1-13-5-4-6-16(11-13)18(26)24-14(2)19(27)25(3)12-15-7-9-17(10-8-15)28-20(21,22)23/h4-11,14H,12H2,1-3H3,(H,24,26). The van der Waals surface area contributed by atoms with Crippen molar-refractivity contribution in [1.29, 1.82) is 0 Å². The molecule has 1 unspecified atom stereocenters. The van der Waals surface area contributed by atoms with Crippen molar-refractivity contribution >= 4 is 11.8 Å². The van der Waals surface area contributed by atoms with Crippen LogP contribution in [0.5, 0.6) is 5.75 Å². The van der Waals surface area contributed by atoms with Crippen LogP contribution < -0.4 is 10.1 Å². The minimum absolute atomic E-state index is 0.176. The molecule has 8 heteroatoms. The average Bonchev–Trinajstić information content (AvgIpc) is 2.61. The molecule has 0 aliphatic carbocycles. The van der Waals surface area contributed by atoms with Crippen LogP contribution in [0.1, 0.15) is 28.4 Å². The Morgan fingerprint density at radius 1 is 1.14 bits per heavy atom. The van der Waals surface area contributed by atoms with Crippen LogP contribution in [-0.2, 0) is 11.3 Å². The van der Waals surface area contributed by atoms with E-state index in [1.54, 1.807) is 32.2 Å². The molecule has 28 heavy (non-hydrogen) atoms. The van der Waals surface area contributed by atoms with Gasteiger partial charge in [0.25, 0.3) is 5.91 Å². The summed E-state index contributed by atoms with van der Waals surface area (Å²) >= 11 is 0. The van der Waals surface area contributed by atoms with Crippen molar-refractivity contribution in [3.8, 4) is 5.75 Å². The summed E-state index contributed by atoms with van der Waals surface area (Å²) in [5.41, 5.74) is 2.02. The summed E-state index contributed by atoms with van der Waals surface area (Å²) in [5.74, 6) is -1.01. The first kappa shape index (κ1) is 21.3. The van der Waals surface area contributed by atoms with Crippen molar-refractivity contribution in [3.05, 3.63) is 65.2 Å². The van der Waals surface area contributed by atoms with Gasteiger partial charge in [0.05, 0.1) is 0 Å². The highest BCUT2D eigenvalue weighted by molar-refractivity contribution is 5.97. The van der Waals surface area contributed by atoms with Gasteiger partial charge in [0.2, 0.25) is 5.91 Å². The summed E-state index contributed by atoms with van der Waals surface area (Å²) in [5, 5.41) is 2.65. The Morgan fingerprint density at radius 3 is 2.36 bits per heavy atom. The van der Waals surface area contributed by atoms with Crippen molar-refractivity contribution in [2.45, 2.75) is 32.8 Å². The van der Waals surface area contributed by atoms with Gasteiger partial charge >= 0.3 is 6.36 Å². The molecular weight excluding hydrogens is 373 g/mol. The van der Waals surface area contributed by atoms with E-state index in [1.807, 2.05) is 13.0 Å². The number of carbonyl (C=O) groups excluding carboxylic acids is 2. The molecule has 2 aromatic rings. The molecule has 0 aromatic heterocycles. The number of aryl methyl sites for hydroxylation is 1. The molecule has 0 aliphatic heterocycles. The van der Waals surface area contributed by atoms with Crippen molar-refractivity contribution in [1.82, 2.24) is 10.2 Å². The second kappa shape index (κ2) is 8.77. The maximum absolute atomic E-state index is 12.5. The van der Waals surface area contributed by atoms with Crippen molar-refractivity contribution in [3.63, 3.8) is 0 Å². The maximum Gasteiger partial charge on any atom is 0.573 e. The number of nitrogens with zero attached hydrogens (tertiary/aromatic N) is 1. The predicted octanol–water partition coefficient (Wildman–Crippen LogP) is 3.67. The smallest absolute Gasteiger partial charge is 0.406 e. The molecule has 0 fully saturated rings. The van der Waals surface area contributed by atoms with Crippen molar-refractivity contribution in [2.75, 3.05) is 7.05 Å². The van der Waals surface area contributed by atoms with E-state index >= 15 is 0 Å². The zero-order valence-corrected chi connectivity index (χ0v) is 15.7. The number of likely N-dealkylation sites (N-methyl/N-ethyl adjacent to an activating group) is 1. The first-order valence-corrected chi connectivity index (χ1v) is 8.52. The third kappa shape index (κ3) is 6.29. The Labute approximate surface area is 161 Å². The van der Waals surface area contributed by atoms with E-state index in [2.05, 4.69) is 10.1 Å². The number of hydrogen-bond donors (Lipinski definition) is 1. The van der Waals surface area contributed by atoms with E-state index in [-0.39, 0.29) is 24.1 Å². The van der Waals surface area contributed by atoms with Gasteiger partial charge in [-0.15, -0.1) is 13.2 Å². The first-order valence-electron chi connectivity index (χ1n) is 8.52. The third-order valence-electron chi connectivity index (χ3n) is 3.95. The number of nitrogens with one attached hydrogen (secondary N) is 1. The number of benzene rings is 2. The van der Waals surface area contributed by atoms with E-state index in [9.17, 15) is 22.8 Å². The van der Waals surface area contributed by atoms with Gasteiger partial charge in [-0.05, 0) is 43.7 Å². The van der Waals surface area contributed by atoms with Gasteiger partial charge < -0.3 is 15.0 Å². The second-order valence-electron chi connectivity index (χ2n) is 6.45. The van der Waals surface area contributed by atoms with E-state index in [0.29, 0.717) is 11.1 Å². The zero-order valence-electron chi connectivity index (χ0n) is 15.7. The van der Waals surface area contributed by atoms with Crippen LogP contribution in [-0.4, -0.2) is 36.2 Å². The molecule has 1 N–H and O–H groups in total. The molecular formula is C20H21F3N2O3. The lowest BCUT2D eigenvalue weighted by Gasteiger charge is -2.22. The Hall–Kier alpha value is -3.03. The number of halogens is 3. The fourth-order valence-electron chi connectivity index (χ4n) is 2.61. The molecule has 2 rings (SSSR count). The molecule has 2 amide bonds. The predicted molar refractivity (Wildman–Crippen MR) is 97.7 cm³/mol. The Morgan fingerprint density at radius 2 is 1.79 bits per heavy atom. The molecule has 1 atom stereocenters. The fraction of sp³-hybridized carbons (Fsp3) is 0.300. The summed E-state index contributed by atoms with van der Waals surface area (Å²) in [6, 6.07) is 11.5. The maximum atomic E-state index is 12.5. The van der Waals surface area contributed by atoms with Gasteiger partial charge in [-0.25, -0.2) is 0 Å². The Balaban J connectivity index is 1.93. The molecule has 0 radical (unpaired) electrons. The normalized spacial score (nSPS) is 12.2. The van der Waals surface area contributed by atoms with Crippen LogP contribution in [0.4, 0.5) is 13.2 Å². The van der Waals surface area contributed by atoms with E-state index in [0.717, 1.165) is 5.56 Å². The topological polar surface area (TPSA) is 58.6 Å². The molecule has 0 spiro atoms. The quantitative estimate of drug-likeness (QED) is 0.813. The zero-order chi connectivity index (χ0) is 20.9.